The van der Waals surface area contributed by atoms with Crippen molar-refractivity contribution >= 4 is 26.6 Å². The van der Waals surface area contributed by atoms with Gasteiger partial charge in [-0.1, -0.05) is 0 Å². The fourth-order valence-electron chi connectivity index (χ4n) is 2.98. The van der Waals surface area contributed by atoms with Crippen LogP contribution in [0, 0.1) is 6.92 Å². The van der Waals surface area contributed by atoms with Gasteiger partial charge in [0, 0.05) is 41.5 Å². The molecule has 0 aliphatic rings. The van der Waals surface area contributed by atoms with Crippen LogP contribution in [0.1, 0.15) is 5.69 Å². The summed E-state index contributed by atoms with van der Waals surface area (Å²) in [5.74, 6) is 0.873. The second-order valence-corrected chi connectivity index (χ2v) is 7.77. The van der Waals surface area contributed by atoms with Crippen LogP contribution in [0.15, 0.2) is 41.3 Å². The van der Waals surface area contributed by atoms with Crippen molar-refractivity contribution in [3.8, 4) is 17.2 Å². The fourth-order valence-corrected chi connectivity index (χ4v) is 4.06. The van der Waals surface area contributed by atoms with Gasteiger partial charge >= 0.3 is 0 Å². The molecule has 0 amide bonds. The Hall–Kier alpha value is -2.87. The zero-order chi connectivity index (χ0) is 19.8. The minimum atomic E-state index is -3.85. The van der Waals surface area contributed by atoms with Gasteiger partial charge in [-0.2, -0.15) is 0 Å². The first kappa shape index (κ1) is 18.9. The number of hydrogen-bond donors (Lipinski definition) is 1. The van der Waals surface area contributed by atoms with E-state index >= 15 is 0 Å². The van der Waals surface area contributed by atoms with Crippen molar-refractivity contribution in [1.29, 1.82) is 0 Å². The fraction of sp³-hybridized carbons (Fsp3) is 0.263. The predicted octanol–water partition coefficient (Wildman–Crippen LogP) is 3.31. The van der Waals surface area contributed by atoms with E-state index in [4.69, 9.17) is 14.2 Å². The number of sulfonamides is 1. The van der Waals surface area contributed by atoms with E-state index in [0.29, 0.717) is 11.4 Å². The third kappa shape index (κ3) is 3.40. The molecule has 3 rings (SSSR count). The lowest BCUT2D eigenvalue weighted by Gasteiger charge is -2.15. The zero-order valence-corrected chi connectivity index (χ0v) is 16.7. The summed E-state index contributed by atoms with van der Waals surface area (Å²) in [6.07, 6.45) is 0. The van der Waals surface area contributed by atoms with Gasteiger partial charge in [0.2, 0.25) is 5.75 Å². The lowest BCUT2D eigenvalue weighted by Crippen LogP contribution is -2.13. The molecule has 0 unspecified atom stereocenters. The number of hydrogen-bond acceptors (Lipinski definition) is 5. The summed E-state index contributed by atoms with van der Waals surface area (Å²) in [5, 5.41) is 0.958. The Balaban J connectivity index is 2.02. The molecule has 0 saturated carbocycles. The molecule has 1 heterocycles. The molecule has 0 fully saturated rings. The minimum Gasteiger partial charge on any atom is -0.493 e. The summed E-state index contributed by atoms with van der Waals surface area (Å²) < 4.78 is 46.1. The second-order valence-electron chi connectivity index (χ2n) is 6.08. The molecule has 144 valence electrons. The Bertz CT molecular complexity index is 1080. The molecule has 0 atom stereocenters. The average molecular weight is 390 g/mol. The number of anilines is 1. The van der Waals surface area contributed by atoms with Crippen LogP contribution in [0.5, 0.6) is 17.2 Å². The molecule has 2 aromatic carbocycles. The summed E-state index contributed by atoms with van der Waals surface area (Å²) in [5.41, 5.74) is 2.60. The molecule has 7 nitrogen and oxygen atoms in total. The Labute approximate surface area is 158 Å². The smallest absolute Gasteiger partial charge is 0.262 e. The van der Waals surface area contributed by atoms with Gasteiger partial charge in [0.1, 0.15) is 0 Å². The Kier molecular flexibility index (Phi) is 4.93. The van der Waals surface area contributed by atoms with Gasteiger partial charge in [-0.05, 0) is 31.2 Å². The van der Waals surface area contributed by atoms with E-state index in [1.54, 1.807) is 12.1 Å². The molecule has 8 heteroatoms. The van der Waals surface area contributed by atoms with Crippen LogP contribution >= 0.6 is 0 Å². The molecule has 27 heavy (non-hydrogen) atoms. The third-order valence-corrected chi connectivity index (χ3v) is 5.84. The van der Waals surface area contributed by atoms with Gasteiger partial charge in [0.15, 0.2) is 11.5 Å². The van der Waals surface area contributed by atoms with Crippen LogP contribution in [0.2, 0.25) is 0 Å². The van der Waals surface area contributed by atoms with E-state index in [-0.39, 0.29) is 16.4 Å². The lowest BCUT2D eigenvalue weighted by molar-refractivity contribution is 0.323. The van der Waals surface area contributed by atoms with Crippen LogP contribution in [0.3, 0.4) is 0 Å². The first-order chi connectivity index (χ1) is 12.8. The van der Waals surface area contributed by atoms with Crippen molar-refractivity contribution in [2.75, 3.05) is 26.1 Å². The number of fused-ring (bicyclic) bond motifs is 1. The van der Waals surface area contributed by atoms with Gasteiger partial charge < -0.3 is 18.8 Å². The Morgan fingerprint density at radius 1 is 0.926 bits per heavy atom. The number of rotatable bonds is 6. The summed E-state index contributed by atoms with van der Waals surface area (Å²) in [4.78, 5) is 0.0151. The van der Waals surface area contributed by atoms with Gasteiger partial charge in [0.25, 0.3) is 10.0 Å². The highest BCUT2D eigenvalue weighted by molar-refractivity contribution is 7.92. The number of methoxy groups -OCH3 is 3. The average Bonchev–Trinajstić information content (AvgIpc) is 2.93. The molecule has 0 aliphatic heterocycles. The van der Waals surface area contributed by atoms with Crippen LogP contribution in [0.25, 0.3) is 10.9 Å². The maximum atomic E-state index is 12.9. The molecule has 0 spiro atoms. The number of nitrogens with one attached hydrogen (secondary N) is 1. The Morgan fingerprint density at radius 3 is 2.11 bits per heavy atom. The summed E-state index contributed by atoms with van der Waals surface area (Å²) >= 11 is 0. The lowest BCUT2D eigenvalue weighted by atomic mass is 10.2. The monoisotopic (exact) mass is 390 g/mol. The minimum absolute atomic E-state index is 0.0151. The molecular weight excluding hydrogens is 368 g/mol. The van der Waals surface area contributed by atoms with Crippen LogP contribution in [-0.2, 0) is 17.1 Å². The van der Waals surface area contributed by atoms with E-state index < -0.39 is 10.0 Å². The molecule has 1 aromatic heterocycles. The van der Waals surface area contributed by atoms with E-state index in [9.17, 15) is 8.42 Å². The van der Waals surface area contributed by atoms with Crippen molar-refractivity contribution in [3.05, 3.63) is 42.1 Å². The first-order valence-electron chi connectivity index (χ1n) is 8.19. The number of aryl methyl sites for hydroxylation is 2. The van der Waals surface area contributed by atoms with Gasteiger partial charge in [-0.3, -0.25) is 4.72 Å². The van der Waals surface area contributed by atoms with E-state index in [1.807, 2.05) is 30.7 Å². The predicted molar refractivity (Wildman–Crippen MR) is 105 cm³/mol. The van der Waals surface area contributed by atoms with Gasteiger partial charge in [-0.15, -0.1) is 0 Å². The number of ether oxygens (including phenoxy) is 3. The van der Waals surface area contributed by atoms with Gasteiger partial charge in [0.05, 0.1) is 26.2 Å². The summed E-state index contributed by atoms with van der Waals surface area (Å²) in [6, 6.07) is 10.2. The first-order valence-corrected chi connectivity index (χ1v) is 9.68. The molecule has 3 aromatic rings. The quantitative estimate of drug-likeness (QED) is 0.699. The third-order valence-electron chi connectivity index (χ3n) is 4.48. The maximum absolute atomic E-state index is 12.9. The molecular formula is C19H22N2O5S. The zero-order valence-electron chi connectivity index (χ0n) is 15.9. The van der Waals surface area contributed by atoms with E-state index in [2.05, 4.69) is 4.72 Å². The number of aromatic nitrogens is 1. The highest BCUT2D eigenvalue weighted by atomic mass is 32.2. The largest absolute Gasteiger partial charge is 0.493 e. The van der Waals surface area contributed by atoms with Crippen molar-refractivity contribution in [1.82, 2.24) is 4.57 Å². The molecule has 0 saturated heterocycles. The normalized spacial score (nSPS) is 11.4. The summed E-state index contributed by atoms with van der Waals surface area (Å²) in [6.45, 7) is 2.00. The standard InChI is InChI=1S/C19H22N2O5S/c1-12-8-13-9-14(6-7-16(13)21(12)2)20-27(22,23)15-10-17(24-3)19(26-5)18(11-15)25-4/h6-11,20H,1-5H3. The van der Waals surface area contributed by atoms with Crippen LogP contribution in [0.4, 0.5) is 5.69 Å². The SMILES string of the molecule is COc1cc(S(=O)(=O)Nc2ccc3c(c2)cc(C)n3C)cc(OC)c1OC. The van der Waals surface area contributed by atoms with Crippen molar-refractivity contribution in [2.45, 2.75) is 11.8 Å². The van der Waals surface area contributed by atoms with Crippen molar-refractivity contribution < 1.29 is 22.6 Å². The van der Waals surface area contributed by atoms with E-state index in [0.717, 1.165) is 16.6 Å². The number of nitrogens with zero attached hydrogens (tertiary/aromatic N) is 1. The highest BCUT2D eigenvalue weighted by Crippen LogP contribution is 2.39. The van der Waals surface area contributed by atoms with Gasteiger partial charge in [-0.25, -0.2) is 8.42 Å². The van der Waals surface area contributed by atoms with Crippen molar-refractivity contribution in [3.63, 3.8) is 0 Å². The van der Waals surface area contributed by atoms with Crippen LogP contribution in [-0.4, -0.2) is 34.3 Å². The molecule has 0 bridgehead atoms. The Morgan fingerprint density at radius 2 is 1.56 bits per heavy atom. The van der Waals surface area contributed by atoms with Crippen molar-refractivity contribution in [2.24, 2.45) is 7.05 Å². The van der Waals surface area contributed by atoms with E-state index in [1.165, 1.54) is 33.5 Å². The highest BCUT2D eigenvalue weighted by Gasteiger charge is 2.21. The number of benzene rings is 2. The molecule has 1 N–H and O–H groups in total. The molecule has 0 aliphatic carbocycles. The second kappa shape index (κ2) is 7.03. The summed E-state index contributed by atoms with van der Waals surface area (Å²) in [7, 11) is 2.46. The maximum Gasteiger partial charge on any atom is 0.262 e. The van der Waals surface area contributed by atoms with Crippen LogP contribution < -0.4 is 18.9 Å². The molecule has 0 radical (unpaired) electrons. The topological polar surface area (TPSA) is 78.8 Å².